The topological polar surface area (TPSA) is 49.8 Å². The number of carbonyl (C=O) groups excluding carboxylic acids is 1. The molecule has 1 aromatic carbocycles. The van der Waals surface area contributed by atoms with E-state index in [1.807, 2.05) is 18.2 Å². The van der Waals surface area contributed by atoms with Crippen molar-refractivity contribution in [1.82, 2.24) is 4.90 Å². The zero-order valence-corrected chi connectivity index (χ0v) is 11.3. The highest BCUT2D eigenvalue weighted by molar-refractivity contribution is 5.98. The van der Waals surface area contributed by atoms with Crippen LogP contribution in [-0.2, 0) is 0 Å². The Morgan fingerprint density at radius 1 is 1.47 bits per heavy atom. The number of likely N-dealkylation sites (tertiary alicyclic amines) is 1. The summed E-state index contributed by atoms with van der Waals surface area (Å²) in [6.45, 7) is 1.39. The van der Waals surface area contributed by atoms with Gasteiger partial charge in [-0.2, -0.15) is 0 Å². The molecule has 1 aliphatic rings. The Labute approximate surface area is 114 Å². The summed E-state index contributed by atoms with van der Waals surface area (Å²) in [5.74, 6) is 0.780. The summed E-state index contributed by atoms with van der Waals surface area (Å²) in [4.78, 5) is 14.4. The molecule has 0 bridgehead atoms. The van der Waals surface area contributed by atoms with Crippen LogP contribution in [0.25, 0.3) is 0 Å². The monoisotopic (exact) mass is 263 g/mol. The summed E-state index contributed by atoms with van der Waals surface area (Å²) in [5, 5.41) is 9.35. The Hall–Kier alpha value is -1.39. The molecule has 1 aliphatic heterocycles. The molecular weight excluding hydrogens is 242 g/mol. The van der Waals surface area contributed by atoms with Gasteiger partial charge >= 0.3 is 0 Å². The molecule has 0 aliphatic carbocycles. The number of Topliss-reactive ketones (excluding diaryl/α,β-unsaturated/α-hetero) is 1. The first kappa shape index (κ1) is 14.0. The lowest BCUT2D eigenvalue weighted by Crippen LogP contribution is -2.44. The lowest BCUT2D eigenvalue weighted by Gasteiger charge is -2.33. The highest BCUT2D eigenvalue weighted by atomic mass is 16.5. The van der Waals surface area contributed by atoms with E-state index in [4.69, 9.17) is 4.74 Å². The van der Waals surface area contributed by atoms with Gasteiger partial charge in [0, 0.05) is 11.6 Å². The second-order valence-electron chi connectivity index (χ2n) is 4.96. The number of hydrogen-bond acceptors (Lipinski definition) is 4. The quantitative estimate of drug-likeness (QED) is 0.822. The Morgan fingerprint density at radius 2 is 2.32 bits per heavy atom. The van der Waals surface area contributed by atoms with Crippen LogP contribution in [0, 0.1) is 0 Å². The smallest absolute Gasteiger partial charge is 0.176 e. The van der Waals surface area contributed by atoms with Gasteiger partial charge in [0.15, 0.2) is 5.78 Å². The molecule has 0 saturated carbocycles. The second kappa shape index (κ2) is 6.68. The fourth-order valence-corrected chi connectivity index (χ4v) is 2.55. The van der Waals surface area contributed by atoms with Gasteiger partial charge in [0.1, 0.15) is 5.75 Å². The van der Waals surface area contributed by atoms with Crippen LogP contribution in [0.3, 0.4) is 0 Å². The van der Waals surface area contributed by atoms with Crippen molar-refractivity contribution in [2.24, 2.45) is 0 Å². The molecule has 1 aromatic rings. The summed E-state index contributed by atoms with van der Waals surface area (Å²) < 4.78 is 5.13. The van der Waals surface area contributed by atoms with Crippen LogP contribution >= 0.6 is 0 Å². The van der Waals surface area contributed by atoms with Crippen molar-refractivity contribution in [3.05, 3.63) is 29.8 Å². The Bertz CT molecular complexity index is 433. The van der Waals surface area contributed by atoms with E-state index in [2.05, 4.69) is 4.90 Å². The minimum Gasteiger partial charge on any atom is -0.497 e. The molecule has 1 heterocycles. The second-order valence-corrected chi connectivity index (χ2v) is 4.96. The predicted octanol–water partition coefficient (Wildman–Crippen LogP) is 1.72. The van der Waals surface area contributed by atoms with Gasteiger partial charge in [-0.3, -0.25) is 9.69 Å². The maximum absolute atomic E-state index is 12.3. The molecule has 0 aromatic heterocycles. The Balaban J connectivity index is 2.02. The molecular formula is C15H21NO3. The highest BCUT2D eigenvalue weighted by Gasteiger charge is 2.23. The molecule has 1 atom stereocenters. The molecule has 1 fully saturated rings. The molecule has 0 radical (unpaired) electrons. The number of carbonyl (C=O) groups is 1. The number of aliphatic hydroxyl groups is 1. The summed E-state index contributed by atoms with van der Waals surface area (Å²) in [6.07, 6.45) is 3.21. The molecule has 2 rings (SSSR count). The summed E-state index contributed by atoms with van der Waals surface area (Å²) in [5.41, 5.74) is 0.668. The fourth-order valence-electron chi connectivity index (χ4n) is 2.55. The van der Waals surface area contributed by atoms with Crippen LogP contribution in [0.2, 0.25) is 0 Å². The minimum atomic E-state index is 0.0826. The molecule has 4 heteroatoms. The maximum atomic E-state index is 12.3. The Morgan fingerprint density at radius 3 is 3.05 bits per heavy atom. The van der Waals surface area contributed by atoms with E-state index in [0.29, 0.717) is 17.9 Å². The van der Waals surface area contributed by atoms with E-state index in [-0.39, 0.29) is 18.4 Å². The third-order valence-electron chi connectivity index (χ3n) is 3.70. The van der Waals surface area contributed by atoms with Crippen molar-refractivity contribution in [1.29, 1.82) is 0 Å². The SMILES string of the molecule is COc1cccc(C(=O)CN2CCCCC2CO)c1. The van der Waals surface area contributed by atoms with Crippen molar-refractivity contribution in [2.45, 2.75) is 25.3 Å². The van der Waals surface area contributed by atoms with Crippen molar-refractivity contribution in [3.63, 3.8) is 0 Å². The maximum Gasteiger partial charge on any atom is 0.176 e. The van der Waals surface area contributed by atoms with Crippen molar-refractivity contribution < 1.29 is 14.6 Å². The lowest BCUT2D eigenvalue weighted by atomic mass is 10.0. The first-order valence-corrected chi connectivity index (χ1v) is 6.76. The highest BCUT2D eigenvalue weighted by Crippen LogP contribution is 2.18. The molecule has 0 spiro atoms. The van der Waals surface area contributed by atoms with Crippen LogP contribution in [0.5, 0.6) is 5.75 Å². The van der Waals surface area contributed by atoms with Gasteiger partial charge < -0.3 is 9.84 Å². The number of ketones is 1. The predicted molar refractivity (Wildman–Crippen MR) is 73.6 cm³/mol. The van der Waals surface area contributed by atoms with Gasteiger partial charge in [-0.25, -0.2) is 0 Å². The number of benzene rings is 1. The molecule has 1 saturated heterocycles. The number of nitrogens with zero attached hydrogens (tertiary/aromatic N) is 1. The fraction of sp³-hybridized carbons (Fsp3) is 0.533. The van der Waals surface area contributed by atoms with E-state index < -0.39 is 0 Å². The van der Waals surface area contributed by atoms with Gasteiger partial charge in [0.25, 0.3) is 0 Å². The average molecular weight is 263 g/mol. The zero-order valence-electron chi connectivity index (χ0n) is 11.3. The summed E-state index contributed by atoms with van der Waals surface area (Å²) in [7, 11) is 1.59. The van der Waals surface area contributed by atoms with E-state index in [0.717, 1.165) is 25.8 Å². The number of hydrogen-bond donors (Lipinski definition) is 1. The first-order chi connectivity index (χ1) is 9.24. The summed E-state index contributed by atoms with van der Waals surface area (Å²) in [6, 6.07) is 7.35. The van der Waals surface area contributed by atoms with Gasteiger partial charge in [0.05, 0.1) is 20.3 Å². The van der Waals surface area contributed by atoms with Crippen LogP contribution in [0.4, 0.5) is 0 Å². The molecule has 1 N–H and O–H groups in total. The van der Waals surface area contributed by atoms with Gasteiger partial charge in [0.2, 0.25) is 0 Å². The first-order valence-electron chi connectivity index (χ1n) is 6.76. The molecule has 104 valence electrons. The van der Waals surface area contributed by atoms with E-state index in [9.17, 15) is 9.90 Å². The molecule has 1 unspecified atom stereocenters. The van der Waals surface area contributed by atoms with Gasteiger partial charge in [-0.05, 0) is 31.5 Å². The summed E-state index contributed by atoms with van der Waals surface area (Å²) >= 11 is 0. The van der Waals surface area contributed by atoms with Gasteiger partial charge in [-0.1, -0.05) is 18.6 Å². The van der Waals surface area contributed by atoms with Crippen LogP contribution < -0.4 is 4.74 Å². The zero-order chi connectivity index (χ0) is 13.7. The molecule has 19 heavy (non-hydrogen) atoms. The lowest BCUT2D eigenvalue weighted by molar-refractivity contribution is 0.0711. The third-order valence-corrected chi connectivity index (χ3v) is 3.70. The normalized spacial score (nSPS) is 20.2. The van der Waals surface area contributed by atoms with Crippen LogP contribution in [-0.4, -0.2) is 48.6 Å². The van der Waals surface area contributed by atoms with Crippen LogP contribution in [0.15, 0.2) is 24.3 Å². The molecule has 0 amide bonds. The van der Waals surface area contributed by atoms with E-state index >= 15 is 0 Å². The van der Waals surface area contributed by atoms with E-state index in [1.54, 1.807) is 13.2 Å². The van der Waals surface area contributed by atoms with Crippen molar-refractivity contribution in [2.75, 3.05) is 26.8 Å². The number of rotatable bonds is 5. The Kier molecular flexibility index (Phi) is 4.93. The molecule has 4 nitrogen and oxygen atoms in total. The third kappa shape index (κ3) is 3.55. The number of aliphatic hydroxyl groups excluding tert-OH is 1. The number of ether oxygens (including phenoxy) is 1. The van der Waals surface area contributed by atoms with Gasteiger partial charge in [-0.15, -0.1) is 0 Å². The standard InChI is InChI=1S/C15H21NO3/c1-19-14-7-4-5-12(9-14)15(18)10-16-8-3-2-6-13(16)11-17/h4-5,7,9,13,17H,2-3,6,8,10-11H2,1H3. The largest absolute Gasteiger partial charge is 0.497 e. The number of piperidine rings is 1. The van der Waals surface area contributed by atoms with Crippen molar-refractivity contribution >= 4 is 5.78 Å². The van der Waals surface area contributed by atoms with Crippen LogP contribution in [0.1, 0.15) is 29.6 Å². The number of methoxy groups -OCH3 is 1. The van der Waals surface area contributed by atoms with E-state index in [1.165, 1.54) is 0 Å². The average Bonchev–Trinajstić information content (AvgIpc) is 2.47. The minimum absolute atomic E-state index is 0.0826. The van der Waals surface area contributed by atoms with Crippen molar-refractivity contribution in [3.8, 4) is 5.75 Å².